The van der Waals surface area contributed by atoms with E-state index in [0.29, 0.717) is 24.7 Å². The molecule has 1 atom stereocenters. The first kappa shape index (κ1) is 17.8. The van der Waals surface area contributed by atoms with Crippen molar-refractivity contribution < 1.29 is 19.0 Å². The summed E-state index contributed by atoms with van der Waals surface area (Å²) in [7, 11) is 3.28. The van der Waals surface area contributed by atoms with Gasteiger partial charge in [0.1, 0.15) is 17.3 Å². The van der Waals surface area contributed by atoms with Gasteiger partial charge in [0, 0.05) is 18.7 Å². The third kappa shape index (κ3) is 3.65. The molecule has 1 aromatic carbocycles. The van der Waals surface area contributed by atoms with E-state index in [2.05, 4.69) is 4.90 Å². The predicted octanol–water partition coefficient (Wildman–Crippen LogP) is 2.93. The highest BCUT2D eigenvalue weighted by Crippen LogP contribution is 2.38. The molecular weight excluding hydrogens is 320 g/mol. The molecule has 136 valence electrons. The van der Waals surface area contributed by atoms with Gasteiger partial charge in [-0.15, -0.1) is 0 Å². The number of oxazole rings is 1. The van der Waals surface area contributed by atoms with E-state index in [1.165, 1.54) is 0 Å². The number of aromatic nitrogens is 1. The number of aliphatic hydroxyl groups excluding tert-OH is 1. The summed E-state index contributed by atoms with van der Waals surface area (Å²) in [5.74, 6) is 2.82. The van der Waals surface area contributed by atoms with Gasteiger partial charge in [0.25, 0.3) is 0 Å². The van der Waals surface area contributed by atoms with E-state index < -0.39 is 0 Å². The van der Waals surface area contributed by atoms with Crippen LogP contribution in [0, 0.1) is 13.8 Å². The van der Waals surface area contributed by atoms with Gasteiger partial charge in [0.2, 0.25) is 5.89 Å². The minimum Gasteiger partial charge on any atom is -0.496 e. The van der Waals surface area contributed by atoms with Crippen LogP contribution in [0.3, 0.4) is 0 Å². The number of aliphatic hydroxyl groups is 1. The molecule has 6 nitrogen and oxygen atoms in total. The molecule has 0 bridgehead atoms. The SMILES string of the molecule is COc1ccc(-c2nc(CN3CCC[C@@H](O)C3)c(C)o2)c(OC)c1C. The van der Waals surface area contributed by atoms with Gasteiger partial charge in [0.05, 0.1) is 31.6 Å². The lowest BCUT2D eigenvalue weighted by Crippen LogP contribution is -2.37. The number of β-amino-alcohol motifs (C(OH)–C–C–N with tert-alkyl or cyclic N) is 1. The Morgan fingerprint density at radius 2 is 2.08 bits per heavy atom. The van der Waals surface area contributed by atoms with Gasteiger partial charge < -0.3 is 19.0 Å². The smallest absolute Gasteiger partial charge is 0.230 e. The maximum Gasteiger partial charge on any atom is 0.230 e. The van der Waals surface area contributed by atoms with E-state index in [0.717, 1.165) is 47.7 Å². The first-order valence-corrected chi connectivity index (χ1v) is 8.62. The number of nitrogens with zero attached hydrogens (tertiary/aromatic N) is 2. The molecule has 0 aliphatic carbocycles. The fourth-order valence-corrected chi connectivity index (χ4v) is 3.40. The third-order valence-corrected chi connectivity index (χ3v) is 4.76. The van der Waals surface area contributed by atoms with Crippen molar-refractivity contribution in [1.82, 2.24) is 9.88 Å². The highest BCUT2D eigenvalue weighted by atomic mass is 16.5. The minimum atomic E-state index is -0.246. The van der Waals surface area contributed by atoms with Crippen molar-refractivity contribution in [3.63, 3.8) is 0 Å². The minimum absolute atomic E-state index is 0.246. The molecule has 1 saturated heterocycles. The maximum atomic E-state index is 9.84. The zero-order chi connectivity index (χ0) is 18.0. The Morgan fingerprint density at radius 1 is 1.28 bits per heavy atom. The number of methoxy groups -OCH3 is 2. The number of benzene rings is 1. The van der Waals surface area contributed by atoms with E-state index in [-0.39, 0.29) is 6.10 Å². The third-order valence-electron chi connectivity index (χ3n) is 4.76. The van der Waals surface area contributed by atoms with Crippen molar-refractivity contribution in [3.8, 4) is 23.0 Å². The summed E-state index contributed by atoms with van der Waals surface area (Å²) >= 11 is 0. The molecule has 25 heavy (non-hydrogen) atoms. The number of ether oxygens (including phenoxy) is 2. The van der Waals surface area contributed by atoms with Gasteiger partial charge in [-0.05, 0) is 45.4 Å². The molecule has 1 N–H and O–H groups in total. The molecule has 3 rings (SSSR count). The van der Waals surface area contributed by atoms with Gasteiger partial charge in [-0.1, -0.05) is 0 Å². The molecule has 1 aliphatic rings. The Labute approximate surface area is 148 Å². The molecule has 2 aromatic rings. The Balaban J connectivity index is 1.88. The van der Waals surface area contributed by atoms with Crippen molar-refractivity contribution in [2.75, 3.05) is 27.3 Å². The van der Waals surface area contributed by atoms with Gasteiger partial charge in [-0.3, -0.25) is 4.90 Å². The summed E-state index contributed by atoms with van der Waals surface area (Å²) in [5, 5.41) is 9.84. The molecule has 0 spiro atoms. The van der Waals surface area contributed by atoms with Crippen molar-refractivity contribution >= 4 is 0 Å². The van der Waals surface area contributed by atoms with Crippen LogP contribution in [-0.2, 0) is 6.54 Å². The first-order valence-electron chi connectivity index (χ1n) is 8.62. The summed E-state index contributed by atoms with van der Waals surface area (Å²) in [6.45, 7) is 6.22. The second kappa shape index (κ2) is 7.45. The van der Waals surface area contributed by atoms with Gasteiger partial charge in [0.15, 0.2) is 0 Å². The average Bonchev–Trinajstić information content (AvgIpc) is 2.95. The van der Waals surface area contributed by atoms with E-state index >= 15 is 0 Å². The van der Waals surface area contributed by atoms with Gasteiger partial charge in [-0.2, -0.15) is 0 Å². The lowest BCUT2D eigenvalue weighted by Gasteiger charge is -2.29. The molecule has 0 saturated carbocycles. The Bertz CT molecular complexity index is 741. The van der Waals surface area contributed by atoms with Crippen LogP contribution in [0.4, 0.5) is 0 Å². The van der Waals surface area contributed by atoms with Crippen molar-refractivity contribution in [3.05, 3.63) is 29.2 Å². The van der Waals surface area contributed by atoms with E-state index in [9.17, 15) is 5.11 Å². The Morgan fingerprint density at radius 3 is 2.76 bits per heavy atom. The zero-order valence-corrected chi connectivity index (χ0v) is 15.3. The van der Waals surface area contributed by atoms with Crippen LogP contribution < -0.4 is 9.47 Å². The number of likely N-dealkylation sites (tertiary alicyclic amines) is 1. The molecule has 2 heterocycles. The number of hydrogen-bond acceptors (Lipinski definition) is 6. The number of piperidine rings is 1. The normalized spacial score (nSPS) is 18.4. The Hall–Kier alpha value is -2.05. The van der Waals surface area contributed by atoms with Crippen molar-refractivity contribution in [1.29, 1.82) is 0 Å². The lowest BCUT2D eigenvalue weighted by atomic mass is 10.1. The van der Waals surface area contributed by atoms with Gasteiger partial charge >= 0.3 is 0 Å². The first-order chi connectivity index (χ1) is 12.0. The fourth-order valence-electron chi connectivity index (χ4n) is 3.40. The topological polar surface area (TPSA) is 68.0 Å². The van der Waals surface area contributed by atoms with Crippen LogP contribution in [-0.4, -0.2) is 48.4 Å². The monoisotopic (exact) mass is 346 g/mol. The average molecular weight is 346 g/mol. The van der Waals surface area contributed by atoms with Crippen LogP contribution in [0.15, 0.2) is 16.5 Å². The predicted molar refractivity (Wildman–Crippen MR) is 95.0 cm³/mol. The quantitative estimate of drug-likeness (QED) is 0.898. The van der Waals surface area contributed by atoms with E-state index in [4.69, 9.17) is 18.9 Å². The number of rotatable bonds is 5. The summed E-state index contributed by atoms with van der Waals surface area (Å²) in [5.41, 5.74) is 2.63. The lowest BCUT2D eigenvalue weighted by molar-refractivity contribution is 0.0660. The van der Waals surface area contributed by atoms with E-state index in [1.807, 2.05) is 26.0 Å². The highest BCUT2D eigenvalue weighted by molar-refractivity contribution is 5.68. The Kier molecular flexibility index (Phi) is 5.30. The molecule has 6 heteroatoms. The number of hydrogen-bond donors (Lipinski definition) is 1. The number of aryl methyl sites for hydroxylation is 1. The molecular formula is C19H26N2O4. The largest absolute Gasteiger partial charge is 0.496 e. The van der Waals surface area contributed by atoms with Crippen LogP contribution in [0.2, 0.25) is 0 Å². The van der Waals surface area contributed by atoms with Crippen LogP contribution >= 0.6 is 0 Å². The van der Waals surface area contributed by atoms with Crippen LogP contribution in [0.5, 0.6) is 11.5 Å². The second-order valence-corrected chi connectivity index (χ2v) is 6.53. The molecule has 1 aromatic heterocycles. The van der Waals surface area contributed by atoms with Crippen LogP contribution in [0.25, 0.3) is 11.5 Å². The zero-order valence-electron chi connectivity index (χ0n) is 15.3. The highest BCUT2D eigenvalue weighted by Gasteiger charge is 2.22. The summed E-state index contributed by atoms with van der Waals surface area (Å²) in [6, 6.07) is 3.80. The second-order valence-electron chi connectivity index (χ2n) is 6.53. The fraction of sp³-hybridized carbons (Fsp3) is 0.526. The molecule has 1 fully saturated rings. The maximum absolute atomic E-state index is 9.84. The molecule has 0 radical (unpaired) electrons. The van der Waals surface area contributed by atoms with Crippen molar-refractivity contribution in [2.24, 2.45) is 0 Å². The van der Waals surface area contributed by atoms with Crippen LogP contribution in [0.1, 0.15) is 29.9 Å². The van der Waals surface area contributed by atoms with Crippen molar-refractivity contribution in [2.45, 2.75) is 39.3 Å². The summed E-state index contributed by atoms with van der Waals surface area (Å²) in [4.78, 5) is 6.92. The molecule has 0 unspecified atom stereocenters. The summed E-state index contributed by atoms with van der Waals surface area (Å²) in [6.07, 6.45) is 1.64. The summed E-state index contributed by atoms with van der Waals surface area (Å²) < 4.78 is 16.8. The molecule has 1 aliphatic heterocycles. The standard InChI is InChI=1S/C19H26N2O4/c1-12-17(23-3)8-7-15(18(12)24-4)19-20-16(13(2)25-19)11-21-9-5-6-14(22)10-21/h7-8,14,22H,5-6,9-11H2,1-4H3/t14-/m1/s1. The molecule has 0 amide bonds. The van der Waals surface area contributed by atoms with Gasteiger partial charge in [-0.25, -0.2) is 4.98 Å². The van der Waals surface area contributed by atoms with E-state index in [1.54, 1.807) is 14.2 Å².